The SMILES string of the molecule is CCOc1cc(Oc2ccc(N)cc2)ccc1[N+](=O)[O-]. The topological polar surface area (TPSA) is 87.6 Å². The Balaban J connectivity index is 2.26. The number of benzene rings is 2. The lowest BCUT2D eigenvalue weighted by atomic mass is 10.2. The van der Waals surface area contributed by atoms with Crippen LogP contribution >= 0.6 is 0 Å². The fourth-order valence-corrected chi connectivity index (χ4v) is 1.65. The summed E-state index contributed by atoms with van der Waals surface area (Å²) in [5.74, 6) is 1.24. The maximum absolute atomic E-state index is 10.9. The average molecular weight is 274 g/mol. The number of nitro groups is 1. The molecule has 0 atom stereocenters. The monoisotopic (exact) mass is 274 g/mol. The highest BCUT2D eigenvalue weighted by molar-refractivity contribution is 5.52. The van der Waals surface area contributed by atoms with Crippen LogP contribution in [0.15, 0.2) is 42.5 Å². The molecule has 0 spiro atoms. The molecule has 0 aliphatic heterocycles. The third-order valence-electron chi connectivity index (χ3n) is 2.54. The zero-order valence-corrected chi connectivity index (χ0v) is 10.9. The summed E-state index contributed by atoms with van der Waals surface area (Å²) in [7, 11) is 0. The molecule has 6 nitrogen and oxygen atoms in total. The molecule has 104 valence electrons. The van der Waals surface area contributed by atoms with Crippen LogP contribution in [0.3, 0.4) is 0 Å². The third kappa shape index (κ3) is 3.17. The first-order valence-corrected chi connectivity index (χ1v) is 6.04. The molecule has 0 aliphatic rings. The number of nitrogens with two attached hydrogens (primary N) is 1. The van der Waals surface area contributed by atoms with Crippen molar-refractivity contribution < 1.29 is 14.4 Å². The number of nitrogens with zero attached hydrogens (tertiary/aromatic N) is 1. The van der Waals surface area contributed by atoms with Crippen molar-refractivity contribution in [2.45, 2.75) is 6.92 Å². The van der Waals surface area contributed by atoms with Crippen molar-refractivity contribution in [2.24, 2.45) is 0 Å². The van der Waals surface area contributed by atoms with E-state index in [0.29, 0.717) is 23.8 Å². The Bertz CT molecular complexity index is 611. The number of nitro benzene ring substituents is 1. The highest BCUT2D eigenvalue weighted by Crippen LogP contribution is 2.33. The molecule has 0 amide bonds. The molecule has 6 heteroatoms. The molecular weight excluding hydrogens is 260 g/mol. The molecule has 0 aromatic heterocycles. The van der Waals surface area contributed by atoms with Gasteiger partial charge in [0.15, 0.2) is 0 Å². The zero-order valence-electron chi connectivity index (χ0n) is 10.9. The number of nitrogen functional groups attached to an aromatic ring is 1. The molecule has 0 saturated carbocycles. The number of hydrogen-bond acceptors (Lipinski definition) is 5. The summed E-state index contributed by atoms with van der Waals surface area (Å²) >= 11 is 0. The fraction of sp³-hybridized carbons (Fsp3) is 0.143. The van der Waals surface area contributed by atoms with Crippen molar-refractivity contribution in [1.82, 2.24) is 0 Å². The number of hydrogen-bond donors (Lipinski definition) is 1. The second kappa shape index (κ2) is 5.92. The minimum atomic E-state index is -0.488. The van der Waals surface area contributed by atoms with Crippen LogP contribution in [0.4, 0.5) is 11.4 Å². The first-order valence-electron chi connectivity index (χ1n) is 6.04. The molecule has 0 radical (unpaired) electrons. The Hall–Kier alpha value is -2.76. The van der Waals surface area contributed by atoms with Gasteiger partial charge in [-0.2, -0.15) is 0 Å². The predicted octanol–water partition coefficient (Wildman–Crippen LogP) is 3.37. The largest absolute Gasteiger partial charge is 0.487 e. The standard InChI is InChI=1S/C14H14N2O4/c1-2-19-14-9-12(7-8-13(14)16(17)18)20-11-5-3-10(15)4-6-11/h3-9H,2,15H2,1H3. The minimum absolute atomic E-state index is 0.0866. The van der Waals surface area contributed by atoms with Crippen LogP contribution in [0, 0.1) is 10.1 Å². The van der Waals surface area contributed by atoms with Crippen molar-refractivity contribution in [2.75, 3.05) is 12.3 Å². The molecule has 0 heterocycles. The van der Waals surface area contributed by atoms with Crippen LogP contribution in [0.25, 0.3) is 0 Å². The van der Waals surface area contributed by atoms with Gasteiger partial charge in [0.2, 0.25) is 5.75 Å². The Morgan fingerprint density at radius 2 is 1.80 bits per heavy atom. The molecule has 0 saturated heterocycles. The van der Waals surface area contributed by atoms with Crippen molar-refractivity contribution in [3.05, 3.63) is 52.6 Å². The molecule has 2 aromatic carbocycles. The quantitative estimate of drug-likeness (QED) is 0.513. The summed E-state index contributed by atoms with van der Waals surface area (Å²) in [5.41, 5.74) is 6.14. The number of anilines is 1. The van der Waals surface area contributed by atoms with Crippen LogP contribution < -0.4 is 15.2 Å². The summed E-state index contributed by atoms with van der Waals surface area (Å²) in [6, 6.07) is 11.2. The first-order chi connectivity index (χ1) is 9.60. The van der Waals surface area contributed by atoms with E-state index in [-0.39, 0.29) is 11.4 Å². The second-order valence-corrected chi connectivity index (χ2v) is 3.99. The molecule has 0 fully saturated rings. The smallest absolute Gasteiger partial charge is 0.311 e. The zero-order chi connectivity index (χ0) is 14.5. The van der Waals surface area contributed by atoms with Gasteiger partial charge in [-0.15, -0.1) is 0 Å². The molecule has 2 rings (SSSR count). The second-order valence-electron chi connectivity index (χ2n) is 3.99. The average Bonchev–Trinajstić information content (AvgIpc) is 2.42. The van der Waals surface area contributed by atoms with Crippen LogP contribution in [0.5, 0.6) is 17.2 Å². The van der Waals surface area contributed by atoms with Crippen molar-refractivity contribution in [1.29, 1.82) is 0 Å². The molecule has 0 aliphatic carbocycles. The summed E-state index contributed by atoms with van der Waals surface area (Å²) in [6.07, 6.45) is 0. The first kappa shape index (κ1) is 13.7. The molecule has 2 aromatic rings. The van der Waals surface area contributed by atoms with E-state index in [1.165, 1.54) is 18.2 Å². The van der Waals surface area contributed by atoms with E-state index in [1.807, 2.05) is 0 Å². The van der Waals surface area contributed by atoms with E-state index in [9.17, 15) is 10.1 Å². The molecular formula is C14H14N2O4. The van der Waals surface area contributed by atoms with Gasteiger partial charge in [-0.25, -0.2) is 0 Å². The molecule has 2 N–H and O–H groups in total. The van der Waals surface area contributed by atoms with Gasteiger partial charge in [-0.1, -0.05) is 0 Å². The molecule has 0 bridgehead atoms. The van der Waals surface area contributed by atoms with Gasteiger partial charge in [-0.3, -0.25) is 10.1 Å². The van der Waals surface area contributed by atoms with Gasteiger partial charge < -0.3 is 15.2 Å². The van der Waals surface area contributed by atoms with E-state index in [2.05, 4.69) is 0 Å². The maximum Gasteiger partial charge on any atom is 0.311 e. The Kier molecular flexibility index (Phi) is 4.05. The van der Waals surface area contributed by atoms with Gasteiger partial charge in [0.1, 0.15) is 11.5 Å². The van der Waals surface area contributed by atoms with Gasteiger partial charge in [-0.05, 0) is 37.3 Å². The van der Waals surface area contributed by atoms with E-state index < -0.39 is 4.92 Å². The Morgan fingerprint density at radius 3 is 2.40 bits per heavy atom. The highest BCUT2D eigenvalue weighted by atomic mass is 16.6. The van der Waals surface area contributed by atoms with E-state index in [0.717, 1.165) is 0 Å². The lowest BCUT2D eigenvalue weighted by molar-refractivity contribution is -0.385. The van der Waals surface area contributed by atoms with E-state index >= 15 is 0 Å². The highest BCUT2D eigenvalue weighted by Gasteiger charge is 2.16. The predicted molar refractivity (Wildman–Crippen MR) is 75.2 cm³/mol. The van der Waals surface area contributed by atoms with Gasteiger partial charge in [0.25, 0.3) is 0 Å². The van der Waals surface area contributed by atoms with Crippen LogP contribution in [-0.2, 0) is 0 Å². The molecule has 0 unspecified atom stereocenters. The summed E-state index contributed by atoms with van der Waals surface area (Å²) in [4.78, 5) is 10.4. The number of rotatable bonds is 5. The lowest BCUT2D eigenvalue weighted by Crippen LogP contribution is -1.98. The fourth-order valence-electron chi connectivity index (χ4n) is 1.65. The lowest BCUT2D eigenvalue weighted by Gasteiger charge is -2.09. The molecule has 20 heavy (non-hydrogen) atoms. The van der Waals surface area contributed by atoms with Gasteiger partial charge in [0.05, 0.1) is 11.5 Å². The Labute approximate surface area is 115 Å². The number of ether oxygens (including phenoxy) is 2. The Morgan fingerprint density at radius 1 is 1.15 bits per heavy atom. The van der Waals surface area contributed by atoms with Crippen LogP contribution in [0.2, 0.25) is 0 Å². The van der Waals surface area contributed by atoms with Crippen LogP contribution in [-0.4, -0.2) is 11.5 Å². The van der Waals surface area contributed by atoms with Gasteiger partial charge >= 0.3 is 5.69 Å². The van der Waals surface area contributed by atoms with Crippen molar-refractivity contribution >= 4 is 11.4 Å². The van der Waals surface area contributed by atoms with E-state index in [4.69, 9.17) is 15.2 Å². The van der Waals surface area contributed by atoms with Crippen molar-refractivity contribution in [3.8, 4) is 17.2 Å². The normalized spacial score (nSPS) is 10.1. The minimum Gasteiger partial charge on any atom is -0.487 e. The summed E-state index contributed by atoms with van der Waals surface area (Å²) in [6.45, 7) is 2.10. The van der Waals surface area contributed by atoms with Gasteiger partial charge in [0, 0.05) is 17.8 Å². The summed E-state index contributed by atoms with van der Waals surface area (Å²) in [5, 5.41) is 10.9. The van der Waals surface area contributed by atoms with Crippen LogP contribution in [0.1, 0.15) is 6.92 Å². The van der Waals surface area contributed by atoms with E-state index in [1.54, 1.807) is 31.2 Å². The maximum atomic E-state index is 10.9. The summed E-state index contributed by atoms with van der Waals surface area (Å²) < 4.78 is 10.9. The van der Waals surface area contributed by atoms with Crippen molar-refractivity contribution in [3.63, 3.8) is 0 Å². The third-order valence-corrected chi connectivity index (χ3v) is 2.54.